The van der Waals surface area contributed by atoms with E-state index in [2.05, 4.69) is 47.4 Å². The molecule has 0 amide bonds. The molecule has 136 valence electrons. The molecule has 0 fully saturated rings. The molecule has 2 N–H and O–H groups in total. The van der Waals surface area contributed by atoms with E-state index in [1.54, 1.807) is 0 Å². The zero-order chi connectivity index (χ0) is 17.7. The van der Waals surface area contributed by atoms with Crippen molar-refractivity contribution in [2.24, 2.45) is 0 Å². The molecule has 0 aromatic heterocycles. The van der Waals surface area contributed by atoms with Crippen LogP contribution in [0.4, 0.5) is 0 Å². The summed E-state index contributed by atoms with van der Waals surface area (Å²) in [6, 6.07) is 0. The number of rotatable bonds is 16. The van der Waals surface area contributed by atoms with Gasteiger partial charge in [-0.2, -0.15) is 0 Å². The Labute approximate surface area is 146 Å². The molecule has 0 aromatic carbocycles. The van der Waals surface area contributed by atoms with Crippen LogP contribution in [0.5, 0.6) is 0 Å². The van der Waals surface area contributed by atoms with E-state index < -0.39 is 5.97 Å². The van der Waals surface area contributed by atoms with Crippen LogP contribution in [-0.2, 0) is 9.68 Å². The predicted octanol–water partition coefficient (Wildman–Crippen LogP) is 5.69. The molecule has 0 rings (SSSR count). The second-order valence-corrected chi connectivity index (χ2v) is 5.56. The minimum atomic E-state index is -0.724. The molecule has 0 spiro atoms. The lowest BCUT2D eigenvalue weighted by molar-refractivity contribution is -0.242. The minimum absolute atomic E-state index is 0.248. The number of hydrogen-bond acceptors (Lipinski definition) is 3. The summed E-state index contributed by atoms with van der Waals surface area (Å²) >= 11 is 0. The molecule has 0 unspecified atom stereocenters. The highest BCUT2D eigenvalue weighted by atomic mass is 17.1. The molecule has 0 aliphatic carbocycles. The van der Waals surface area contributed by atoms with Crippen molar-refractivity contribution in [3.05, 3.63) is 48.6 Å². The molecule has 0 aliphatic rings. The van der Waals surface area contributed by atoms with Gasteiger partial charge in [0.25, 0.3) is 0 Å². The third-order valence-electron chi connectivity index (χ3n) is 3.35. The van der Waals surface area contributed by atoms with Crippen LogP contribution in [0.15, 0.2) is 48.6 Å². The largest absolute Gasteiger partial charge is 0.481 e. The summed E-state index contributed by atoms with van der Waals surface area (Å²) in [7, 11) is 0. The Bertz CT molecular complexity index is 394. The lowest BCUT2D eigenvalue weighted by atomic mass is 10.2. The van der Waals surface area contributed by atoms with Gasteiger partial charge in [0.05, 0.1) is 6.61 Å². The number of hydrogen-bond donors (Lipinski definition) is 2. The van der Waals surface area contributed by atoms with E-state index in [0.717, 1.165) is 51.4 Å². The maximum Gasteiger partial charge on any atom is 0.303 e. The fraction of sp³-hybridized carbons (Fsp3) is 0.550. The third-order valence-corrected chi connectivity index (χ3v) is 3.35. The first kappa shape index (κ1) is 22.4. The summed E-state index contributed by atoms with van der Waals surface area (Å²) in [6.45, 7) is 0.431. The van der Waals surface area contributed by atoms with Crippen molar-refractivity contribution in [1.82, 2.24) is 0 Å². The molecule has 0 bridgehead atoms. The van der Waals surface area contributed by atoms with Crippen molar-refractivity contribution < 1.29 is 20.0 Å². The van der Waals surface area contributed by atoms with Gasteiger partial charge in [-0.15, -0.1) is 0 Å². The second-order valence-electron chi connectivity index (χ2n) is 5.56. The van der Waals surface area contributed by atoms with Gasteiger partial charge in [0.15, 0.2) is 0 Å². The van der Waals surface area contributed by atoms with Gasteiger partial charge in [0, 0.05) is 6.42 Å². The monoisotopic (exact) mass is 336 g/mol. The molecule has 4 nitrogen and oxygen atoms in total. The van der Waals surface area contributed by atoms with Gasteiger partial charge >= 0.3 is 5.97 Å². The van der Waals surface area contributed by atoms with Crippen LogP contribution in [0, 0.1) is 0 Å². The standard InChI is InChI=1S/C20H32O4/c21-20(22)18-16-14-12-10-8-6-4-2-1-3-5-7-9-11-13-15-17-19-24-23/h1,3-4,6-7,9-10,12,23H,2,5,8,11,13-19H2,(H,21,22)/b3-1-,6-4-,9-7-,12-10-. The topological polar surface area (TPSA) is 66.8 Å². The molecular weight excluding hydrogens is 304 g/mol. The Balaban J connectivity index is 3.38. The van der Waals surface area contributed by atoms with Crippen LogP contribution in [-0.4, -0.2) is 22.9 Å². The van der Waals surface area contributed by atoms with E-state index in [9.17, 15) is 4.79 Å². The zero-order valence-corrected chi connectivity index (χ0v) is 14.6. The van der Waals surface area contributed by atoms with Crippen LogP contribution >= 0.6 is 0 Å². The van der Waals surface area contributed by atoms with Gasteiger partial charge in [-0.1, -0.05) is 55.0 Å². The van der Waals surface area contributed by atoms with Crippen molar-refractivity contribution in [1.29, 1.82) is 0 Å². The Morgan fingerprint density at radius 3 is 1.71 bits per heavy atom. The van der Waals surface area contributed by atoms with Crippen LogP contribution in [0.1, 0.15) is 64.2 Å². The average Bonchev–Trinajstić information content (AvgIpc) is 2.56. The Morgan fingerprint density at radius 2 is 1.21 bits per heavy atom. The minimum Gasteiger partial charge on any atom is -0.481 e. The molecule has 0 aliphatic heterocycles. The van der Waals surface area contributed by atoms with Crippen molar-refractivity contribution in [2.45, 2.75) is 64.2 Å². The van der Waals surface area contributed by atoms with Crippen LogP contribution in [0.2, 0.25) is 0 Å². The lowest BCUT2D eigenvalue weighted by Crippen LogP contribution is -1.92. The van der Waals surface area contributed by atoms with E-state index in [1.807, 2.05) is 6.08 Å². The first-order valence-corrected chi connectivity index (χ1v) is 8.85. The highest BCUT2D eigenvalue weighted by Crippen LogP contribution is 2.02. The summed E-state index contributed by atoms with van der Waals surface area (Å²) in [5.74, 6) is -0.724. The molecule has 0 saturated heterocycles. The van der Waals surface area contributed by atoms with E-state index in [1.165, 1.54) is 0 Å². The number of unbranched alkanes of at least 4 members (excludes halogenated alkanes) is 4. The van der Waals surface area contributed by atoms with Crippen molar-refractivity contribution in [3.8, 4) is 0 Å². The quantitative estimate of drug-likeness (QED) is 0.164. The Hall–Kier alpha value is -1.65. The number of carboxylic acids is 1. The molecule has 0 heterocycles. The third kappa shape index (κ3) is 20.3. The van der Waals surface area contributed by atoms with E-state index in [-0.39, 0.29) is 6.42 Å². The fourth-order valence-corrected chi connectivity index (χ4v) is 2.03. The summed E-state index contributed by atoms with van der Waals surface area (Å²) in [5.41, 5.74) is 0. The van der Waals surface area contributed by atoms with Crippen LogP contribution in [0.25, 0.3) is 0 Å². The summed E-state index contributed by atoms with van der Waals surface area (Å²) in [4.78, 5) is 14.3. The smallest absolute Gasteiger partial charge is 0.303 e. The maximum atomic E-state index is 10.3. The number of carbonyl (C=O) groups is 1. The van der Waals surface area contributed by atoms with Gasteiger partial charge in [-0.05, 0) is 51.4 Å². The summed E-state index contributed by atoms with van der Waals surface area (Å²) in [5, 5.41) is 16.7. The van der Waals surface area contributed by atoms with Crippen molar-refractivity contribution >= 4 is 5.97 Å². The van der Waals surface area contributed by atoms with E-state index >= 15 is 0 Å². The molecule has 0 saturated carbocycles. The van der Waals surface area contributed by atoms with Crippen molar-refractivity contribution in [2.75, 3.05) is 6.61 Å². The Kier molecular flexibility index (Phi) is 18.1. The second kappa shape index (κ2) is 19.4. The molecule has 0 aromatic rings. The lowest BCUT2D eigenvalue weighted by Gasteiger charge is -1.95. The van der Waals surface area contributed by atoms with Gasteiger partial charge in [0.2, 0.25) is 0 Å². The van der Waals surface area contributed by atoms with Crippen LogP contribution < -0.4 is 0 Å². The number of aliphatic carboxylic acids is 1. The average molecular weight is 336 g/mol. The Morgan fingerprint density at radius 1 is 0.708 bits per heavy atom. The summed E-state index contributed by atoms with van der Waals surface area (Å²) in [6.07, 6.45) is 25.9. The molecule has 0 radical (unpaired) electrons. The molecule has 4 heteroatoms. The zero-order valence-electron chi connectivity index (χ0n) is 14.6. The molecular formula is C20H32O4. The highest BCUT2D eigenvalue weighted by molar-refractivity contribution is 5.66. The number of carboxylic acid groups (broad SMARTS) is 1. The normalized spacial score (nSPS) is 12.4. The number of allylic oxidation sites excluding steroid dienone is 8. The fourth-order valence-electron chi connectivity index (χ4n) is 2.03. The predicted molar refractivity (Wildman–Crippen MR) is 98.9 cm³/mol. The van der Waals surface area contributed by atoms with Crippen LogP contribution in [0.3, 0.4) is 0 Å². The van der Waals surface area contributed by atoms with E-state index in [4.69, 9.17) is 10.4 Å². The molecule has 0 atom stereocenters. The van der Waals surface area contributed by atoms with Gasteiger partial charge in [0.1, 0.15) is 0 Å². The highest BCUT2D eigenvalue weighted by Gasteiger charge is 1.92. The van der Waals surface area contributed by atoms with Gasteiger partial charge in [-0.25, -0.2) is 4.89 Å². The van der Waals surface area contributed by atoms with Gasteiger partial charge in [-0.3, -0.25) is 10.1 Å². The van der Waals surface area contributed by atoms with Gasteiger partial charge < -0.3 is 5.11 Å². The first-order chi connectivity index (χ1) is 11.8. The maximum absolute atomic E-state index is 10.3. The SMILES string of the molecule is O=C(O)CCC/C=C\C/C=C\C/C=C\C/C=C\CCCCCOO. The summed E-state index contributed by atoms with van der Waals surface area (Å²) < 4.78 is 0. The first-order valence-electron chi connectivity index (χ1n) is 8.85. The molecule has 24 heavy (non-hydrogen) atoms. The van der Waals surface area contributed by atoms with E-state index in [0.29, 0.717) is 13.0 Å². The van der Waals surface area contributed by atoms with Crippen molar-refractivity contribution in [3.63, 3.8) is 0 Å².